The summed E-state index contributed by atoms with van der Waals surface area (Å²) in [4.78, 5) is 14.0. The Morgan fingerprint density at radius 1 is 1.11 bits per heavy atom. The Bertz CT molecular complexity index is 1250. The Kier molecular flexibility index (Phi) is 4.99. The van der Waals surface area contributed by atoms with Gasteiger partial charge in [0.2, 0.25) is 5.79 Å². The van der Waals surface area contributed by atoms with Crippen LogP contribution in [-0.2, 0) is 23.8 Å². The van der Waals surface area contributed by atoms with Crippen LogP contribution < -0.4 is 0 Å². The number of aryl methyl sites for hydroxylation is 1. The van der Waals surface area contributed by atoms with Crippen LogP contribution in [0.4, 0.5) is 0 Å². The maximum Gasteiger partial charge on any atom is 0.297 e. The molecule has 36 heavy (non-hydrogen) atoms. The van der Waals surface area contributed by atoms with Crippen LogP contribution in [0, 0.1) is 40.9 Å². The summed E-state index contributed by atoms with van der Waals surface area (Å²) in [7, 11) is -4.34. The van der Waals surface area contributed by atoms with Crippen LogP contribution in [0.15, 0.2) is 41.3 Å². The van der Waals surface area contributed by atoms with Crippen LogP contribution in [0.3, 0.4) is 0 Å². The summed E-state index contributed by atoms with van der Waals surface area (Å²) in [5.41, 5.74) is -2.32. The second-order valence-corrected chi connectivity index (χ2v) is 13.9. The Balaban J connectivity index is 1.55. The van der Waals surface area contributed by atoms with Crippen molar-refractivity contribution in [2.75, 3.05) is 6.61 Å². The zero-order valence-corrected chi connectivity index (χ0v) is 21.6. The van der Waals surface area contributed by atoms with Gasteiger partial charge in [0.1, 0.15) is 17.6 Å². The largest absolute Gasteiger partial charge is 0.392 e. The topological polar surface area (TPSA) is 130 Å². The lowest BCUT2D eigenvalue weighted by Crippen LogP contribution is -2.85. The number of Topliss-reactive ketones (excluding diaryl/α,β-unsaturated/α-hetero) is 1. The molecule has 7 rings (SSSR count). The number of hydrogen-bond donors (Lipinski definition) is 3. The molecule has 9 atom stereocenters. The van der Waals surface area contributed by atoms with E-state index >= 15 is 0 Å². The smallest absolute Gasteiger partial charge is 0.297 e. The zero-order chi connectivity index (χ0) is 26.1. The maximum absolute atomic E-state index is 14.1. The predicted molar refractivity (Wildman–Crippen MR) is 128 cm³/mol. The standard InChI is InChI=1S/C27H34O8S/c1-14-5-7-16(8-6-14)36(32,33)35-23-17-9-10-18-25-13-34-27(31,26(18,23)21(29)15(17)2)22(30)20(25)24(3,4)12-11-19(25)28/h5-8,17-20,22-23,28,30-31H,2,9-13H2,1,3-4H3/t17-,18?,19-,20+,22-,23+,25+,26?,27-/m0/s1. The molecule has 6 fully saturated rings. The van der Waals surface area contributed by atoms with E-state index in [2.05, 4.69) is 6.58 Å². The van der Waals surface area contributed by atoms with Gasteiger partial charge >= 0.3 is 0 Å². The fourth-order valence-corrected chi connectivity index (χ4v) is 10.0. The number of benzene rings is 1. The molecule has 3 N–H and O–H groups in total. The summed E-state index contributed by atoms with van der Waals surface area (Å²) in [6.07, 6.45) is -1.73. The maximum atomic E-state index is 14.1. The van der Waals surface area contributed by atoms with Crippen molar-refractivity contribution in [2.24, 2.45) is 34.0 Å². The third-order valence-corrected chi connectivity index (χ3v) is 11.7. The SMILES string of the molecule is C=C1C(=O)C23C(CC[C@@H]1[C@H]2OS(=O)(=O)c1ccc(C)cc1)[C@@]12CO[C@@]3(O)[C@@H](O)[C@@H]1C(C)(C)CC[C@@H]2O. The zero-order valence-electron chi connectivity index (χ0n) is 20.8. The number of hydrogen-bond acceptors (Lipinski definition) is 8. The lowest BCUT2D eigenvalue weighted by molar-refractivity contribution is -0.457. The number of aliphatic hydroxyl groups excluding tert-OH is 2. The third kappa shape index (κ3) is 2.62. The van der Waals surface area contributed by atoms with Gasteiger partial charge in [-0.1, -0.05) is 38.1 Å². The van der Waals surface area contributed by atoms with Gasteiger partial charge in [-0.3, -0.25) is 8.98 Å². The molecule has 4 saturated carbocycles. The van der Waals surface area contributed by atoms with E-state index in [0.29, 0.717) is 25.7 Å². The van der Waals surface area contributed by atoms with E-state index in [1.165, 1.54) is 12.1 Å². The number of ketones is 1. The number of fused-ring (bicyclic) bond motifs is 2. The highest BCUT2D eigenvalue weighted by atomic mass is 32.2. The minimum atomic E-state index is -4.34. The van der Waals surface area contributed by atoms with Gasteiger partial charge in [0.15, 0.2) is 5.78 Å². The average molecular weight is 519 g/mol. The van der Waals surface area contributed by atoms with Gasteiger partial charge in [0, 0.05) is 17.3 Å². The van der Waals surface area contributed by atoms with Gasteiger partial charge in [-0.05, 0) is 61.6 Å². The molecule has 2 spiro atoms. The van der Waals surface area contributed by atoms with Gasteiger partial charge in [-0.25, -0.2) is 0 Å². The molecule has 2 heterocycles. The number of ether oxygens (including phenoxy) is 1. The van der Waals surface area contributed by atoms with Crippen molar-refractivity contribution in [3.05, 3.63) is 42.0 Å². The van der Waals surface area contributed by atoms with Crippen LogP contribution in [-0.4, -0.2) is 60.2 Å². The molecule has 2 aliphatic heterocycles. The molecular formula is C27H34O8S. The molecule has 8 nitrogen and oxygen atoms in total. The van der Waals surface area contributed by atoms with E-state index in [4.69, 9.17) is 8.92 Å². The minimum Gasteiger partial charge on any atom is -0.392 e. The molecule has 2 unspecified atom stereocenters. The molecule has 1 aromatic carbocycles. The van der Waals surface area contributed by atoms with E-state index in [1.807, 2.05) is 20.8 Å². The van der Waals surface area contributed by atoms with Gasteiger partial charge in [-0.15, -0.1) is 0 Å². The van der Waals surface area contributed by atoms with E-state index < -0.39 is 74.0 Å². The Morgan fingerprint density at radius 3 is 2.44 bits per heavy atom. The van der Waals surface area contributed by atoms with Gasteiger partial charge < -0.3 is 20.1 Å². The quantitative estimate of drug-likeness (QED) is 0.410. The lowest BCUT2D eigenvalue weighted by Gasteiger charge is -2.74. The van der Waals surface area contributed by atoms with Crippen molar-refractivity contribution in [1.29, 1.82) is 0 Å². The van der Waals surface area contributed by atoms with Crippen molar-refractivity contribution in [3.63, 3.8) is 0 Å². The van der Waals surface area contributed by atoms with Crippen LogP contribution in [0.25, 0.3) is 0 Å². The summed E-state index contributed by atoms with van der Waals surface area (Å²) in [6, 6.07) is 6.20. The van der Waals surface area contributed by atoms with Crippen LogP contribution in [0.1, 0.15) is 45.1 Å². The molecule has 2 saturated heterocycles. The summed E-state index contributed by atoms with van der Waals surface area (Å²) < 4.78 is 38.8. The minimum absolute atomic E-state index is 0.0237. The Labute approximate surface area is 211 Å². The molecule has 4 aliphatic carbocycles. The average Bonchev–Trinajstić information content (AvgIpc) is 2.92. The monoisotopic (exact) mass is 518 g/mol. The first-order valence-corrected chi connectivity index (χ1v) is 14.1. The molecular weight excluding hydrogens is 484 g/mol. The van der Waals surface area contributed by atoms with E-state index in [1.54, 1.807) is 12.1 Å². The first-order valence-electron chi connectivity index (χ1n) is 12.7. The number of rotatable bonds is 3. The number of carbonyl (C=O) groups is 1. The van der Waals surface area contributed by atoms with Gasteiger partial charge in [0.05, 0.1) is 17.6 Å². The second kappa shape index (κ2) is 7.27. The van der Waals surface area contributed by atoms with Crippen molar-refractivity contribution < 1.29 is 37.5 Å². The normalized spacial score (nSPS) is 46.9. The lowest BCUT2D eigenvalue weighted by atomic mass is 9.35. The Hall–Kier alpha value is -1.62. The number of aliphatic hydroxyl groups is 3. The first-order chi connectivity index (χ1) is 16.7. The van der Waals surface area contributed by atoms with Crippen molar-refractivity contribution in [1.82, 2.24) is 0 Å². The van der Waals surface area contributed by atoms with E-state index in [9.17, 15) is 28.5 Å². The number of carbonyl (C=O) groups excluding carboxylic acids is 1. The molecule has 196 valence electrons. The molecule has 9 heteroatoms. The van der Waals surface area contributed by atoms with E-state index in [0.717, 1.165) is 5.56 Å². The highest BCUT2D eigenvalue weighted by molar-refractivity contribution is 7.86. The Morgan fingerprint density at radius 2 is 1.78 bits per heavy atom. The van der Waals surface area contributed by atoms with Crippen LogP contribution >= 0.6 is 0 Å². The molecule has 0 aromatic heterocycles. The van der Waals surface area contributed by atoms with Crippen molar-refractivity contribution in [2.45, 2.75) is 75.4 Å². The third-order valence-electron chi connectivity index (χ3n) is 10.4. The molecule has 1 aromatic rings. The van der Waals surface area contributed by atoms with Crippen molar-refractivity contribution >= 4 is 15.9 Å². The highest BCUT2D eigenvalue weighted by Crippen LogP contribution is 2.77. The van der Waals surface area contributed by atoms with Crippen LogP contribution in [0.2, 0.25) is 0 Å². The predicted octanol–water partition coefficient (Wildman–Crippen LogP) is 2.10. The van der Waals surface area contributed by atoms with Gasteiger partial charge in [0.25, 0.3) is 10.1 Å². The summed E-state index contributed by atoms with van der Waals surface area (Å²) in [5.74, 6) is -4.75. The molecule has 6 aliphatic rings. The van der Waals surface area contributed by atoms with Crippen LogP contribution in [0.5, 0.6) is 0 Å². The first kappa shape index (κ1) is 24.7. The summed E-state index contributed by atoms with van der Waals surface area (Å²) in [5, 5.41) is 35.4. The van der Waals surface area contributed by atoms with E-state index in [-0.39, 0.29) is 17.1 Å². The molecule has 0 amide bonds. The fourth-order valence-electron chi connectivity index (χ4n) is 8.90. The molecule has 0 radical (unpaired) electrons. The van der Waals surface area contributed by atoms with Gasteiger partial charge in [-0.2, -0.15) is 8.42 Å². The summed E-state index contributed by atoms with van der Waals surface area (Å²) >= 11 is 0. The summed E-state index contributed by atoms with van der Waals surface area (Å²) in [6.45, 7) is 9.80. The highest BCUT2D eigenvalue weighted by Gasteiger charge is 2.87. The second-order valence-electron chi connectivity index (χ2n) is 12.3. The van der Waals surface area contributed by atoms with Crippen molar-refractivity contribution in [3.8, 4) is 0 Å². The molecule has 4 bridgehead atoms. The fraction of sp³-hybridized carbons (Fsp3) is 0.667.